The van der Waals surface area contributed by atoms with Gasteiger partial charge in [0.1, 0.15) is 0 Å². The Labute approximate surface area is 133 Å². The predicted molar refractivity (Wildman–Crippen MR) is 82.8 cm³/mol. The molecule has 3 fully saturated rings. The number of anilines is 1. The van der Waals surface area contributed by atoms with Crippen LogP contribution in [-0.4, -0.2) is 42.7 Å². The number of Topliss-reactive ketones (excluding diaryl/α,β-unsaturated/α-hetero) is 2. The van der Waals surface area contributed by atoms with E-state index in [1.165, 1.54) is 0 Å². The normalized spacial score (nSPS) is 39.9. The van der Waals surface area contributed by atoms with Crippen LogP contribution in [0.25, 0.3) is 6.08 Å². The first-order valence-electron chi connectivity index (χ1n) is 8.03. The Morgan fingerprint density at radius 2 is 2.13 bits per heavy atom. The number of hydrogen-bond donors (Lipinski definition) is 0. The third-order valence-electron chi connectivity index (χ3n) is 5.57. The highest BCUT2D eigenvalue weighted by atomic mass is 16.7. The van der Waals surface area contributed by atoms with Crippen molar-refractivity contribution in [2.24, 2.45) is 11.8 Å². The number of ketones is 2. The lowest BCUT2D eigenvalue weighted by Gasteiger charge is -2.35. The highest BCUT2D eigenvalue weighted by Gasteiger charge is 2.62. The van der Waals surface area contributed by atoms with Crippen molar-refractivity contribution in [2.75, 3.05) is 11.5 Å². The lowest BCUT2D eigenvalue weighted by atomic mass is 9.78. The van der Waals surface area contributed by atoms with Crippen LogP contribution in [0.1, 0.15) is 12.5 Å². The molecule has 0 aromatic heterocycles. The largest absolute Gasteiger partial charge is 0.353 e. The fraction of sp³-hybridized carbons (Fsp3) is 0.444. The summed E-state index contributed by atoms with van der Waals surface area (Å²) in [6.45, 7) is 2.00. The SMILES string of the molecule is CC(=O)[C@H]1[C@@H]2[C@@H](C(=O)[C@H]3OC[C@@H]2O3)[C@@H]2C=Cc3ccccc3N21. The van der Waals surface area contributed by atoms with Crippen molar-refractivity contribution in [1.82, 2.24) is 0 Å². The number of hydrogen-bond acceptors (Lipinski definition) is 5. The Morgan fingerprint density at radius 3 is 2.96 bits per heavy atom. The second kappa shape index (κ2) is 4.52. The van der Waals surface area contributed by atoms with E-state index in [4.69, 9.17) is 9.47 Å². The van der Waals surface area contributed by atoms with Crippen LogP contribution >= 0.6 is 0 Å². The third kappa shape index (κ3) is 1.64. The number of rotatable bonds is 1. The van der Waals surface area contributed by atoms with Crippen molar-refractivity contribution in [1.29, 1.82) is 0 Å². The zero-order valence-corrected chi connectivity index (χ0v) is 12.7. The smallest absolute Gasteiger partial charge is 0.218 e. The van der Waals surface area contributed by atoms with Gasteiger partial charge in [0, 0.05) is 11.6 Å². The van der Waals surface area contributed by atoms with Gasteiger partial charge in [-0.3, -0.25) is 9.59 Å². The molecule has 0 saturated carbocycles. The van der Waals surface area contributed by atoms with E-state index in [9.17, 15) is 9.59 Å². The molecule has 0 unspecified atom stereocenters. The van der Waals surface area contributed by atoms with Crippen molar-refractivity contribution in [3.05, 3.63) is 35.9 Å². The number of para-hydroxylation sites is 1. The highest BCUT2D eigenvalue weighted by Crippen LogP contribution is 2.50. The van der Waals surface area contributed by atoms with Gasteiger partial charge in [0.2, 0.25) is 6.29 Å². The minimum absolute atomic E-state index is 0.0217. The van der Waals surface area contributed by atoms with Crippen molar-refractivity contribution < 1.29 is 19.1 Å². The molecule has 5 heteroatoms. The Hall–Kier alpha value is -1.98. The van der Waals surface area contributed by atoms with E-state index in [-0.39, 0.29) is 41.6 Å². The third-order valence-corrected chi connectivity index (χ3v) is 5.57. The average Bonchev–Trinajstić information content (AvgIpc) is 3.13. The second-order valence-corrected chi connectivity index (χ2v) is 6.72. The molecule has 0 amide bonds. The van der Waals surface area contributed by atoms with Crippen LogP contribution in [0.4, 0.5) is 5.69 Å². The molecule has 6 atom stereocenters. The van der Waals surface area contributed by atoms with E-state index >= 15 is 0 Å². The van der Waals surface area contributed by atoms with Crippen molar-refractivity contribution in [2.45, 2.75) is 31.4 Å². The summed E-state index contributed by atoms with van der Waals surface area (Å²) in [7, 11) is 0. The molecule has 0 N–H and O–H groups in total. The monoisotopic (exact) mass is 311 g/mol. The molecule has 4 aliphatic heterocycles. The lowest BCUT2D eigenvalue weighted by Crippen LogP contribution is -2.48. The summed E-state index contributed by atoms with van der Waals surface area (Å²) >= 11 is 0. The predicted octanol–water partition coefficient (Wildman–Crippen LogP) is 1.42. The molecule has 118 valence electrons. The quantitative estimate of drug-likeness (QED) is 0.785. The molecule has 0 radical (unpaired) electrons. The van der Waals surface area contributed by atoms with Gasteiger partial charge in [-0.25, -0.2) is 0 Å². The van der Waals surface area contributed by atoms with Gasteiger partial charge < -0.3 is 14.4 Å². The van der Waals surface area contributed by atoms with Crippen LogP contribution < -0.4 is 4.90 Å². The van der Waals surface area contributed by atoms with E-state index in [2.05, 4.69) is 17.1 Å². The van der Waals surface area contributed by atoms with Gasteiger partial charge in [0.05, 0.1) is 30.7 Å². The maximum absolute atomic E-state index is 12.8. The molecule has 3 saturated heterocycles. The first kappa shape index (κ1) is 13.5. The van der Waals surface area contributed by atoms with Crippen LogP contribution in [0, 0.1) is 11.8 Å². The molecule has 0 spiro atoms. The topological polar surface area (TPSA) is 55.8 Å². The zero-order chi connectivity index (χ0) is 15.7. The Bertz CT molecular complexity index is 742. The summed E-state index contributed by atoms with van der Waals surface area (Å²) < 4.78 is 11.2. The standard InChI is InChI=1S/C18H17NO4/c1-9(20)16-15-13-8-22-18(23-13)17(21)14(15)12-7-6-10-4-2-3-5-11(10)19(12)16/h2-7,12-16,18H,8H2,1H3/t12-,13-,14-,15-,16-,18-/m0/s1. The minimum Gasteiger partial charge on any atom is -0.353 e. The Balaban J connectivity index is 1.69. The van der Waals surface area contributed by atoms with E-state index in [0.717, 1.165) is 11.3 Å². The molecule has 4 aliphatic rings. The van der Waals surface area contributed by atoms with Gasteiger partial charge in [-0.1, -0.05) is 30.4 Å². The van der Waals surface area contributed by atoms with E-state index in [1.54, 1.807) is 6.92 Å². The highest BCUT2D eigenvalue weighted by molar-refractivity contribution is 5.95. The lowest BCUT2D eigenvalue weighted by molar-refractivity contribution is -0.164. The number of nitrogens with zero attached hydrogens (tertiary/aromatic N) is 1. The van der Waals surface area contributed by atoms with Gasteiger partial charge in [-0.15, -0.1) is 0 Å². The number of carbonyl (C=O) groups excluding carboxylic acids is 2. The fourth-order valence-corrected chi connectivity index (χ4v) is 4.74. The first-order valence-corrected chi connectivity index (χ1v) is 8.03. The first-order chi connectivity index (χ1) is 11.2. The summed E-state index contributed by atoms with van der Waals surface area (Å²) in [5.74, 6) is -0.319. The van der Waals surface area contributed by atoms with E-state index < -0.39 is 6.29 Å². The molecule has 5 nitrogen and oxygen atoms in total. The molecule has 0 aliphatic carbocycles. The van der Waals surface area contributed by atoms with Gasteiger partial charge in [-0.05, 0) is 18.6 Å². The number of fused-ring (bicyclic) bond motifs is 8. The van der Waals surface area contributed by atoms with Crippen molar-refractivity contribution in [3.63, 3.8) is 0 Å². The fourth-order valence-electron chi connectivity index (χ4n) is 4.74. The van der Waals surface area contributed by atoms with Crippen molar-refractivity contribution in [3.8, 4) is 0 Å². The zero-order valence-electron chi connectivity index (χ0n) is 12.7. The molecule has 1 aromatic rings. The van der Waals surface area contributed by atoms with Crippen LogP contribution in [0.5, 0.6) is 0 Å². The summed E-state index contributed by atoms with van der Waals surface area (Å²) in [4.78, 5) is 27.4. The van der Waals surface area contributed by atoms with Gasteiger partial charge in [0.15, 0.2) is 11.6 Å². The minimum atomic E-state index is -0.751. The number of benzene rings is 1. The van der Waals surface area contributed by atoms with Crippen LogP contribution in [0.2, 0.25) is 0 Å². The Kier molecular flexibility index (Phi) is 2.65. The van der Waals surface area contributed by atoms with Crippen molar-refractivity contribution >= 4 is 23.3 Å². The number of ether oxygens (including phenoxy) is 2. The molecule has 5 rings (SSSR count). The summed E-state index contributed by atoms with van der Waals surface area (Å²) in [6, 6.07) is 7.59. The molecule has 23 heavy (non-hydrogen) atoms. The van der Waals surface area contributed by atoms with Crippen LogP contribution in [0.15, 0.2) is 30.3 Å². The average molecular weight is 311 g/mol. The molecule has 2 bridgehead atoms. The number of carbonyl (C=O) groups is 2. The summed E-state index contributed by atoms with van der Waals surface area (Å²) in [5, 5.41) is 0. The maximum atomic E-state index is 12.8. The summed E-state index contributed by atoms with van der Waals surface area (Å²) in [5.41, 5.74) is 2.11. The van der Waals surface area contributed by atoms with Gasteiger partial charge in [0.25, 0.3) is 0 Å². The second-order valence-electron chi connectivity index (χ2n) is 6.72. The Morgan fingerprint density at radius 1 is 1.30 bits per heavy atom. The molecule has 1 aromatic carbocycles. The summed E-state index contributed by atoms with van der Waals surface area (Å²) in [6.07, 6.45) is 3.19. The van der Waals surface area contributed by atoms with Crippen LogP contribution in [-0.2, 0) is 19.1 Å². The van der Waals surface area contributed by atoms with Gasteiger partial charge in [-0.2, -0.15) is 0 Å². The van der Waals surface area contributed by atoms with E-state index in [1.807, 2.05) is 24.3 Å². The molecule has 4 heterocycles. The van der Waals surface area contributed by atoms with E-state index in [0.29, 0.717) is 6.61 Å². The maximum Gasteiger partial charge on any atom is 0.218 e. The van der Waals surface area contributed by atoms with Crippen LogP contribution in [0.3, 0.4) is 0 Å². The van der Waals surface area contributed by atoms with Gasteiger partial charge >= 0.3 is 0 Å². The molecular formula is C18H17NO4. The molecular weight excluding hydrogens is 294 g/mol.